The highest BCUT2D eigenvalue weighted by atomic mass is 32.1. The van der Waals surface area contributed by atoms with Gasteiger partial charge in [-0.25, -0.2) is 14.4 Å². The molecule has 3 N–H and O–H groups in total. The summed E-state index contributed by atoms with van der Waals surface area (Å²) >= 11 is 1.71. The van der Waals surface area contributed by atoms with Crippen molar-refractivity contribution in [3.63, 3.8) is 0 Å². The van der Waals surface area contributed by atoms with Crippen molar-refractivity contribution in [2.24, 2.45) is 4.99 Å². The van der Waals surface area contributed by atoms with Crippen molar-refractivity contribution in [1.82, 2.24) is 15.6 Å². The molecule has 6 nitrogen and oxygen atoms in total. The summed E-state index contributed by atoms with van der Waals surface area (Å²) in [6.07, 6.45) is 3.84. The largest absolute Gasteiger partial charge is 0.393 e. The zero-order chi connectivity index (χ0) is 20.6. The number of aryl methyl sites for hydroxylation is 1. The first kappa shape index (κ1) is 21.5. The number of nitrogens with one attached hydrogen (secondary N) is 2. The van der Waals surface area contributed by atoms with Crippen molar-refractivity contribution >= 4 is 23.0 Å². The topological polar surface area (TPSA) is 72.8 Å². The molecule has 0 unspecified atom stereocenters. The zero-order valence-corrected chi connectivity index (χ0v) is 17.9. The lowest BCUT2D eigenvalue weighted by atomic mass is 10.1. The Morgan fingerprint density at radius 3 is 2.79 bits per heavy atom. The summed E-state index contributed by atoms with van der Waals surface area (Å²) in [5, 5.41) is 17.3. The fraction of sp³-hybridized carbons (Fsp3) is 0.524. The Labute approximate surface area is 175 Å². The molecule has 0 bridgehead atoms. The van der Waals surface area contributed by atoms with Gasteiger partial charge < -0.3 is 20.6 Å². The van der Waals surface area contributed by atoms with E-state index in [1.807, 2.05) is 30.2 Å². The number of thiazole rings is 1. The first-order valence-electron chi connectivity index (χ1n) is 10.2. The van der Waals surface area contributed by atoms with Gasteiger partial charge >= 0.3 is 0 Å². The molecule has 1 aliphatic heterocycles. The molecule has 2 aromatic rings. The van der Waals surface area contributed by atoms with Crippen LogP contribution in [0, 0.1) is 12.7 Å². The van der Waals surface area contributed by atoms with Gasteiger partial charge in [0, 0.05) is 43.7 Å². The van der Waals surface area contributed by atoms with E-state index in [2.05, 4.69) is 27.5 Å². The van der Waals surface area contributed by atoms with E-state index in [-0.39, 0.29) is 11.9 Å². The maximum atomic E-state index is 14.6. The molecule has 158 valence electrons. The van der Waals surface area contributed by atoms with E-state index >= 15 is 0 Å². The summed E-state index contributed by atoms with van der Waals surface area (Å²) in [6.45, 7) is 7.35. The first-order chi connectivity index (χ1) is 14.0. The maximum Gasteiger partial charge on any atom is 0.191 e. The molecule has 0 spiro atoms. The second-order valence-corrected chi connectivity index (χ2v) is 8.56. The number of benzene rings is 1. The number of halogens is 1. The molecule has 8 heteroatoms. The Bertz CT molecular complexity index is 817. The molecular formula is C21H30FN5OS. The second kappa shape index (κ2) is 10.5. The maximum absolute atomic E-state index is 14.6. The number of aromatic nitrogens is 1. The van der Waals surface area contributed by atoms with Gasteiger partial charge in [0.25, 0.3) is 0 Å². The first-order valence-corrected chi connectivity index (χ1v) is 11.0. The van der Waals surface area contributed by atoms with Gasteiger partial charge in [-0.3, -0.25) is 0 Å². The van der Waals surface area contributed by atoms with E-state index in [4.69, 9.17) is 0 Å². The number of anilines is 1. The van der Waals surface area contributed by atoms with Crippen molar-refractivity contribution in [2.75, 3.05) is 31.1 Å². The van der Waals surface area contributed by atoms with Crippen LogP contribution in [0.2, 0.25) is 0 Å². The molecule has 1 aromatic heterocycles. The average Bonchev–Trinajstić information content (AvgIpc) is 3.12. The van der Waals surface area contributed by atoms with E-state index in [0.29, 0.717) is 38.2 Å². The van der Waals surface area contributed by atoms with E-state index in [9.17, 15) is 9.50 Å². The van der Waals surface area contributed by atoms with Crippen LogP contribution in [0.25, 0.3) is 0 Å². The number of aliphatic imine (C=N–C) groups is 1. The van der Waals surface area contributed by atoms with Crippen LogP contribution in [0.5, 0.6) is 0 Å². The summed E-state index contributed by atoms with van der Waals surface area (Å²) in [7, 11) is 0. The van der Waals surface area contributed by atoms with Gasteiger partial charge in [0.15, 0.2) is 5.96 Å². The van der Waals surface area contributed by atoms with Gasteiger partial charge in [-0.2, -0.15) is 0 Å². The molecule has 1 aliphatic rings. The van der Waals surface area contributed by atoms with Crippen molar-refractivity contribution < 1.29 is 9.50 Å². The molecule has 1 aromatic carbocycles. The average molecular weight is 420 g/mol. The van der Waals surface area contributed by atoms with Gasteiger partial charge in [0.1, 0.15) is 5.82 Å². The number of rotatable bonds is 7. The Morgan fingerprint density at radius 1 is 1.34 bits per heavy atom. The number of nitrogens with zero attached hydrogens (tertiary/aromatic N) is 3. The zero-order valence-electron chi connectivity index (χ0n) is 17.1. The summed E-state index contributed by atoms with van der Waals surface area (Å²) < 4.78 is 14.6. The standard InChI is InChI=1S/C21H30FN5OS/c1-3-23-21(24-9-6-20-25-13-15(2)29-20)26-14-16-4-5-19(18(22)12-16)27-10-7-17(28)8-11-27/h4-5,12-13,17,28H,3,6-11,14H2,1-2H3,(H2,23,24,26). The number of aliphatic hydroxyl groups excluding tert-OH is 1. The SMILES string of the molecule is CCNC(=NCc1ccc(N2CCC(O)CC2)c(F)c1)NCCc1ncc(C)s1. The molecule has 1 fully saturated rings. The van der Waals surface area contributed by atoms with E-state index in [1.165, 1.54) is 4.88 Å². The predicted molar refractivity (Wildman–Crippen MR) is 117 cm³/mol. The van der Waals surface area contributed by atoms with Crippen molar-refractivity contribution in [3.05, 3.63) is 45.7 Å². The monoisotopic (exact) mass is 419 g/mol. The summed E-state index contributed by atoms with van der Waals surface area (Å²) in [4.78, 5) is 12.2. The normalized spacial score (nSPS) is 15.6. The van der Waals surface area contributed by atoms with Crippen LogP contribution in [0.4, 0.5) is 10.1 Å². The molecule has 29 heavy (non-hydrogen) atoms. The molecule has 0 amide bonds. The minimum atomic E-state index is -0.264. The third-order valence-corrected chi connectivity index (χ3v) is 5.85. The van der Waals surface area contributed by atoms with Gasteiger partial charge in [-0.1, -0.05) is 6.07 Å². The minimum Gasteiger partial charge on any atom is -0.393 e. The molecule has 2 heterocycles. The molecular weight excluding hydrogens is 389 g/mol. The van der Waals surface area contributed by atoms with Crippen molar-refractivity contribution in [1.29, 1.82) is 0 Å². The fourth-order valence-electron chi connectivity index (χ4n) is 3.33. The third-order valence-electron chi connectivity index (χ3n) is 4.88. The highest BCUT2D eigenvalue weighted by molar-refractivity contribution is 7.11. The highest BCUT2D eigenvalue weighted by Gasteiger charge is 2.19. The van der Waals surface area contributed by atoms with Crippen LogP contribution in [-0.4, -0.2) is 48.3 Å². The predicted octanol–water partition coefficient (Wildman–Crippen LogP) is 2.85. The quantitative estimate of drug-likeness (QED) is 0.475. The van der Waals surface area contributed by atoms with Crippen LogP contribution in [0.3, 0.4) is 0 Å². The Kier molecular flexibility index (Phi) is 7.83. The number of hydrogen-bond donors (Lipinski definition) is 3. The van der Waals surface area contributed by atoms with Crippen LogP contribution >= 0.6 is 11.3 Å². The van der Waals surface area contributed by atoms with Gasteiger partial charge in [-0.05, 0) is 44.4 Å². The van der Waals surface area contributed by atoms with Crippen LogP contribution in [-0.2, 0) is 13.0 Å². The smallest absolute Gasteiger partial charge is 0.191 e. The van der Waals surface area contributed by atoms with Crippen molar-refractivity contribution in [3.8, 4) is 0 Å². The lowest BCUT2D eigenvalue weighted by Gasteiger charge is -2.31. The van der Waals surface area contributed by atoms with Gasteiger partial charge in [0.05, 0.1) is 23.3 Å². The molecule has 0 aliphatic carbocycles. The molecule has 0 saturated carbocycles. The van der Waals surface area contributed by atoms with Crippen LogP contribution in [0.15, 0.2) is 29.4 Å². The number of piperidine rings is 1. The molecule has 1 saturated heterocycles. The van der Waals surface area contributed by atoms with E-state index < -0.39 is 0 Å². The lowest BCUT2D eigenvalue weighted by molar-refractivity contribution is 0.145. The van der Waals surface area contributed by atoms with Crippen molar-refractivity contribution in [2.45, 2.75) is 45.8 Å². The molecule has 0 atom stereocenters. The van der Waals surface area contributed by atoms with Crippen LogP contribution < -0.4 is 15.5 Å². The van der Waals surface area contributed by atoms with E-state index in [1.54, 1.807) is 17.4 Å². The summed E-state index contributed by atoms with van der Waals surface area (Å²) in [6, 6.07) is 5.31. The molecule has 3 rings (SSSR count). The second-order valence-electron chi connectivity index (χ2n) is 7.24. The van der Waals surface area contributed by atoms with Gasteiger partial charge in [0.2, 0.25) is 0 Å². The fourth-order valence-corrected chi connectivity index (χ4v) is 4.12. The lowest BCUT2D eigenvalue weighted by Crippen LogP contribution is -2.38. The number of guanidine groups is 1. The number of hydrogen-bond acceptors (Lipinski definition) is 5. The summed E-state index contributed by atoms with van der Waals surface area (Å²) in [5.41, 5.74) is 1.43. The number of aliphatic hydroxyl groups is 1. The summed E-state index contributed by atoms with van der Waals surface area (Å²) in [5.74, 6) is 0.487. The van der Waals surface area contributed by atoms with Gasteiger partial charge in [-0.15, -0.1) is 11.3 Å². The third kappa shape index (κ3) is 6.40. The van der Waals surface area contributed by atoms with Crippen LogP contribution in [0.1, 0.15) is 35.2 Å². The Morgan fingerprint density at radius 2 is 2.14 bits per heavy atom. The Hall–Kier alpha value is -2.19. The molecule has 0 radical (unpaired) electrons. The van der Waals surface area contributed by atoms with E-state index in [0.717, 1.165) is 36.0 Å². The highest BCUT2D eigenvalue weighted by Crippen LogP contribution is 2.24. The minimum absolute atomic E-state index is 0.230. The Balaban J connectivity index is 1.56.